The summed E-state index contributed by atoms with van der Waals surface area (Å²) in [5, 5.41) is 1.46. The molecule has 0 bridgehead atoms. The van der Waals surface area contributed by atoms with E-state index in [1.54, 1.807) is 11.3 Å². The molecule has 2 heterocycles. The predicted octanol–water partition coefficient (Wildman–Crippen LogP) is 5.21. The number of nitrogens with zero attached hydrogens (tertiary/aromatic N) is 2. The van der Waals surface area contributed by atoms with Crippen molar-refractivity contribution in [3.05, 3.63) is 101 Å². The predicted molar refractivity (Wildman–Crippen MR) is 115 cm³/mol. The van der Waals surface area contributed by atoms with Crippen molar-refractivity contribution in [1.29, 1.82) is 0 Å². The van der Waals surface area contributed by atoms with Gasteiger partial charge in [0.2, 0.25) is 0 Å². The third-order valence-electron chi connectivity index (χ3n) is 6.03. The van der Waals surface area contributed by atoms with Gasteiger partial charge in [0.25, 0.3) is 0 Å². The van der Waals surface area contributed by atoms with Gasteiger partial charge in [-0.3, -0.25) is 0 Å². The molecule has 5 rings (SSSR count). The monoisotopic (exact) mass is 367 g/mol. The number of para-hydroxylation sites is 1. The summed E-state index contributed by atoms with van der Waals surface area (Å²) >= 11 is 0. The Labute approximate surface area is 167 Å². The number of hydrogen-bond donors (Lipinski definition) is 0. The summed E-state index contributed by atoms with van der Waals surface area (Å²) in [4.78, 5) is 0. The molecule has 0 saturated heterocycles. The highest BCUT2D eigenvalue weighted by molar-refractivity contribution is 5.86. The van der Waals surface area contributed by atoms with E-state index in [0.717, 1.165) is 13.1 Å². The molecule has 0 amide bonds. The SMILES string of the molecule is Cc1cccc(C[n+]2ccc(Cn3c4c(c5ccccc53)CCCC4)cc2)c1. The maximum atomic E-state index is 2.56. The average molecular weight is 368 g/mol. The number of fused-ring (bicyclic) bond motifs is 3. The lowest BCUT2D eigenvalue weighted by atomic mass is 9.95. The minimum atomic E-state index is 0.920. The fourth-order valence-corrected chi connectivity index (χ4v) is 4.67. The second-order valence-electron chi connectivity index (χ2n) is 8.10. The number of pyridine rings is 1. The first-order valence-electron chi connectivity index (χ1n) is 10.4. The number of benzene rings is 2. The van der Waals surface area contributed by atoms with Gasteiger partial charge in [-0.25, -0.2) is 4.57 Å². The zero-order valence-electron chi connectivity index (χ0n) is 16.6. The molecule has 0 spiro atoms. The van der Waals surface area contributed by atoms with E-state index in [0.29, 0.717) is 0 Å². The van der Waals surface area contributed by atoms with Crippen molar-refractivity contribution in [1.82, 2.24) is 4.57 Å². The van der Waals surface area contributed by atoms with E-state index in [-0.39, 0.29) is 0 Å². The van der Waals surface area contributed by atoms with Crippen LogP contribution in [0.1, 0.15) is 40.8 Å². The molecule has 0 unspecified atom stereocenters. The largest absolute Gasteiger partial charge is 0.340 e. The topological polar surface area (TPSA) is 8.81 Å². The highest BCUT2D eigenvalue weighted by Crippen LogP contribution is 2.32. The molecule has 28 heavy (non-hydrogen) atoms. The minimum absolute atomic E-state index is 0.920. The zero-order valence-corrected chi connectivity index (χ0v) is 16.6. The third-order valence-corrected chi connectivity index (χ3v) is 6.03. The smallest absolute Gasteiger partial charge is 0.173 e. The summed E-state index contributed by atoms with van der Waals surface area (Å²) in [6, 6.07) is 22.2. The van der Waals surface area contributed by atoms with Gasteiger partial charge in [-0.1, -0.05) is 42.0 Å². The first kappa shape index (κ1) is 17.2. The van der Waals surface area contributed by atoms with E-state index in [9.17, 15) is 0 Å². The lowest BCUT2D eigenvalue weighted by Gasteiger charge is -2.16. The molecule has 2 aromatic carbocycles. The van der Waals surface area contributed by atoms with E-state index >= 15 is 0 Å². The summed E-state index contributed by atoms with van der Waals surface area (Å²) in [6.45, 7) is 4.03. The molecule has 1 aliphatic carbocycles. The van der Waals surface area contributed by atoms with Crippen LogP contribution in [-0.4, -0.2) is 4.57 Å². The Morgan fingerprint density at radius 2 is 1.68 bits per heavy atom. The third kappa shape index (κ3) is 3.24. The summed E-state index contributed by atoms with van der Waals surface area (Å²) in [6.07, 6.45) is 9.52. The van der Waals surface area contributed by atoms with E-state index in [1.807, 2.05) is 0 Å². The number of aryl methyl sites for hydroxylation is 2. The van der Waals surface area contributed by atoms with Gasteiger partial charge in [0, 0.05) is 40.8 Å². The Morgan fingerprint density at radius 1 is 0.857 bits per heavy atom. The van der Waals surface area contributed by atoms with Crippen molar-refractivity contribution in [2.75, 3.05) is 0 Å². The highest BCUT2D eigenvalue weighted by atomic mass is 15.0. The summed E-state index contributed by atoms with van der Waals surface area (Å²) < 4.78 is 4.82. The minimum Gasteiger partial charge on any atom is -0.340 e. The molecule has 0 radical (unpaired) electrons. The van der Waals surface area contributed by atoms with Crippen LogP contribution in [0.15, 0.2) is 73.1 Å². The van der Waals surface area contributed by atoms with Crippen molar-refractivity contribution in [2.45, 2.75) is 45.7 Å². The van der Waals surface area contributed by atoms with Crippen LogP contribution >= 0.6 is 0 Å². The molecule has 140 valence electrons. The van der Waals surface area contributed by atoms with E-state index in [2.05, 4.69) is 89.1 Å². The van der Waals surface area contributed by atoms with Crippen molar-refractivity contribution >= 4 is 10.9 Å². The van der Waals surface area contributed by atoms with Crippen LogP contribution in [0, 0.1) is 6.92 Å². The fourth-order valence-electron chi connectivity index (χ4n) is 4.67. The zero-order chi connectivity index (χ0) is 18.9. The Bertz CT molecular complexity index is 1120. The standard InChI is InChI=1S/C26H27N2/c1-20-7-6-8-22(17-20)18-27-15-13-21(14-16-27)19-28-25-11-4-2-9-23(25)24-10-3-5-12-26(24)28/h2,4,6-9,11,13-17H,3,5,10,12,18-19H2,1H3/q+1. The molecule has 4 aromatic rings. The molecule has 0 aliphatic heterocycles. The Hall–Kier alpha value is -2.87. The molecule has 0 fully saturated rings. The Balaban J connectivity index is 1.42. The molecule has 1 aliphatic rings. The second-order valence-corrected chi connectivity index (χ2v) is 8.10. The van der Waals surface area contributed by atoms with Crippen LogP contribution in [0.2, 0.25) is 0 Å². The molecule has 0 atom stereocenters. The molecule has 2 aromatic heterocycles. The van der Waals surface area contributed by atoms with Crippen LogP contribution in [0.4, 0.5) is 0 Å². The van der Waals surface area contributed by atoms with E-state index in [1.165, 1.54) is 53.3 Å². The second kappa shape index (κ2) is 7.27. The van der Waals surface area contributed by atoms with Gasteiger partial charge in [-0.15, -0.1) is 0 Å². The van der Waals surface area contributed by atoms with E-state index in [4.69, 9.17) is 0 Å². The highest BCUT2D eigenvalue weighted by Gasteiger charge is 2.19. The molecule has 0 saturated carbocycles. The fraction of sp³-hybridized carbons (Fsp3) is 0.269. The average Bonchev–Trinajstić information content (AvgIpc) is 3.04. The summed E-state index contributed by atoms with van der Waals surface area (Å²) in [5.41, 5.74) is 8.58. The quantitative estimate of drug-likeness (QED) is 0.438. The van der Waals surface area contributed by atoms with Crippen molar-refractivity contribution in [3.8, 4) is 0 Å². The maximum absolute atomic E-state index is 2.56. The molecule has 0 N–H and O–H groups in total. The van der Waals surface area contributed by atoms with Crippen LogP contribution in [0.3, 0.4) is 0 Å². The Kier molecular flexibility index (Phi) is 4.48. The van der Waals surface area contributed by atoms with Crippen LogP contribution < -0.4 is 4.57 Å². The first-order valence-corrected chi connectivity index (χ1v) is 10.4. The Morgan fingerprint density at radius 3 is 2.54 bits per heavy atom. The lowest BCUT2D eigenvalue weighted by molar-refractivity contribution is -0.688. The van der Waals surface area contributed by atoms with Gasteiger partial charge in [-0.05, 0) is 55.9 Å². The summed E-state index contributed by atoms with van der Waals surface area (Å²) in [7, 11) is 0. The first-order chi connectivity index (χ1) is 13.8. The van der Waals surface area contributed by atoms with Gasteiger partial charge in [0.1, 0.15) is 0 Å². The van der Waals surface area contributed by atoms with Crippen LogP contribution in [-0.2, 0) is 25.9 Å². The molecular formula is C26H27N2+. The lowest BCUT2D eigenvalue weighted by Crippen LogP contribution is -2.33. The van der Waals surface area contributed by atoms with Gasteiger partial charge in [0.05, 0.1) is 0 Å². The molecule has 2 nitrogen and oxygen atoms in total. The van der Waals surface area contributed by atoms with Crippen molar-refractivity contribution in [2.24, 2.45) is 0 Å². The van der Waals surface area contributed by atoms with E-state index < -0.39 is 0 Å². The molecular weight excluding hydrogens is 340 g/mol. The number of hydrogen-bond acceptors (Lipinski definition) is 0. The number of aromatic nitrogens is 2. The van der Waals surface area contributed by atoms with Gasteiger partial charge < -0.3 is 4.57 Å². The van der Waals surface area contributed by atoms with Crippen molar-refractivity contribution < 1.29 is 4.57 Å². The van der Waals surface area contributed by atoms with Crippen LogP contribution in [0.25, 0.3) is 10.9 Å². The van der Waals surface area contributed by atoms with Gasteiger partial charge in [-0.2, -0.15) is 0 Å². The normalized spacial score (nSPS) is 13.6. The number of rotatable bonds is 4. The summed E-state index contributed by atoms with van der Waals surface area (Å²) in [5.74, 6) is 0. The van der Waals surface area contributed by atoms with Crippen molar-refractivity contribution in [3.63, 3.8) is 0 Å². The maximum Gasteiger partial charge on any atom is 0.173 e. The van der Waals surface area contributed by atoms with Gasteiger partial charge in [0.15, 0.2) is 18.9 Å². The molecule has 2 heteroatoms. The van der Waals surface area contributed by atoms with Crippen LogP contribution in [0.5, 0.6) is 0 Å². The van der Waals surface area contributed by atoms with Gasteiger partial charge >= 0.3 is 0 Å².